The van der Waals surface area contributed by atoms with Crippen molar-refractivity contribution in [1.29, 1.82) is 0 Å². The van der Waals surface area contributed by atoms with Crippen LogP contribution in [0.4, 0.5) is 0 Å². The normalized spacial score (nSPS) is 12.1. The molecule has 0 spiro atoms. The third-order valence-electron chi connectivity index (χ3n) is 3.35. The van der Waals surface area contributed by atoms with Crippen molar-refractivity contribution in [2.75, 3.05) is 7.11 Å². The molecule has 0 radical (unpaired) electrons. The number of hydrogen-bond donors (Lipinski definition) is 2. The predicted octanol–water partition coefficient (Wildman–Crippen LogP) is 3.15. The molecule has 1 atom stereocenters. The molecule has 0 bridgehead atoms. The fourth-order valence-corrected chi connectivity index (χ4v) is 2.24. The van der Waals surface area contributed by atoms with Crippen molar-refractivity contribution in [3.05, 3.63) is 53.0 Å². The zero-order chi connectivity index (χ0) is 15.4. The zero-order valence-corrected chi connectivity index (χ0v) is 12.3. The second-order valence-corrected chi connectivity index (χ2v) is 4.87. The first-order valence-corrected chi connectivity index (χ1v) is 6.71. The molecule has 112 valence electrons. The van der Waals surface area contributed by atoms with Crippen LogP contribution in [0.25, 0.3) is 0 Å². The first-order valence-electron chi connectivity index (χ1n) is 6.71. The van der Waals surface area contributed by atoms with Gasteiger partial charge in [0.25, 0.3) is 0 Å². The summed E-state index contributed by atoms with van der Waals surface area (Å²) in [5.41, 5.74) is 1.67. The summed E-state index contributed by atoms with van der Waals surface area (Å²) in [5, 5.41) is 12.3. The number of carbonyl (C=O) groups is 1. The molecule has 2 N–H and O–H groups in total. The van der Waals surface area contributed by atoms with Crippen LogP contribution in [0.5, 0.6) is 5.75 Å². The largest absolute Gasteiger partial charge is 0.496 e. The summed E-state index contributed by atoms with van der Waals surface area (Å²) in [7, 11) is 1.64. The Morgan fingerprint density at radius 3 is 2.76 bits per heavy atom. The van der Waals surface area contributed by atoms with E-state index in [1.54, 1.807) is 20.1 Å². The Bertz CT molecular complexity index is 633. The van der Waals surface area contributed by atoms with Crippen molar-refractivity contribution in [3.8, 4) is 5.75 Å². The average molecular weight is 289 g/mol. The van der Waals surface area contributed by atoms with E-state index in [-0.39, 0.29) is 11.8 Å². The minimum Gasteiger partial charge on any atom is -0.496 e. The standard InChI is InChI=1S/C16H19NO4/c1-10-8-12(21-15(10)16(18)19)9-17-11(2)13-6-4-5-7-14(13)20-3/h4-8,11,17H,9H2,1-3H3,(H,18,19)/t11-/m0/s1. The molecule has 21 heavy (non-hydrogen) atoms. The lowest BCUT2D eigenvalue weighted by Gasteiger charge is -2.16. The van der Waals surface area contributed by atoms with E-state index in [2.05, 4.69) is 5.32 Å². The number of benzene rings is 1. The molecule has 0 aliphatic heterocycles. The highest BCUT2D eigenvalue weighted by atomic mass is 16.5. The Morgan fingerprint density at radius 1 is 1.43 bits per heavy atom. The van der Waals surface area contributed by atoms with Gasteiger partial charge in [-0.2, -0.15) is 0 Å². The number of hydrogen-bond acceptors (Lipinski definition) is 4. The molecule has 1 heterocycles. The molecule has 1 aromatic heterocycles. The Labute approximate surface area is 123 Å². The second kappa shape index (κ2) is 6.45. The van der Waals surface area contributed by atoms with Crippen LogP contribution in [0.2, 0.25) is 0 Å². The Kier molecular flexibility index (Phi) is 4.65. The highest BCUT2D eigenvalue weighted by Crippen LogP contribution is 2.25. The van der Waals surface area contributed by atoms with E-state index in [1.165, 1.54) is 0 Å². The van der Waals surface area contributed by atoms with Crippen molar-refractivity contribution in [1.82, 2.24) is 5.32 Å². The van der Waals surface area contributed by atoms with Gasteiger partial charge >= 0.3 is 5.97 Å². The van der Waals surface area contributed by atoms with Crippen LogP contribution in [-0.4, -0.2) is 18.2 Å². The zero-order valence-electron chi connectivity index (χ0n) is 12.3. The summed E-state index contributed by atoms with van der Waals surface area (Å²) in [4.78, 5) is 10.9. The highest BCUT2D eigenvalue weighted by Gasteiger charge is 2.15. The van der Waals surface area contributed by atoms with Crippen LogP contribution >= 0.6 is 0 Å². The summed E-state index contributed by atoms with van der Waals surface area (Å²) in [6, 6.07) is 9.57. The van der Waals surface area contributed by atoms with Gasteiger partial charge in [0.05, 0.1) is 13.7 Å². The number of ether oxygens (including phenoxy) is 1. The number of methoxy groups -OCH3 is 1. The molecule has 2 aromatic rings. The molecule has 0 unspecified atom stereocenters. The SMILES string of the molecule is COc1ccccc1[C@H](C)NCc1cc(C)c(C(=O)O)o1. The quantitative estimate of drug-likeness (QED) is 0.854. The molecule has 0 fully saturated rings. The second-order valence-electron chi connectivity index (χ2n) is 4.87. The summed E-state index contributed by atoms with van der Waals surface area (Å²) in [5.74, 6) is 0.374. The fraction of sp³-hybridized carbons (Fsp3) is 0.312. The van der Waals surface area contributed by atoms with Crippen LogP contribution in [0.15, 0.2) is 34.7 Å². The van der Waals surface area contributed by atoms with Crippen molar-refractivity contribution in [2.24, 2.45) is 0 Å². The Morgan fingerprint density at radius 2 is 2.14 bits per heavy atom. The molecule has 0 aliphatic carbocycles. The van der Waals surface area contributed by atoms with Crippen LogP contribution in [-0.2, 0) is 6.54 Å². The first-order chi connectivity index (χ1) is 10.0. The van der Waals surface area contributed by atoms with E-state index >= 15 is 0 Å². The van der Waals surface area contributed by atoms with Gasteiger partial charge < -0.3 is 19.6 Å². The molecular formula is C16H19NO4. The Hall–Kier alpha value is -2.27. The molecule has 2 rings (SSSR count). The number of rotatable bonds is 6. The van der Waals surface area contributed by atoms with E-state index < -0.39 is 5.97 Å². The van der Waals surface area contributed by atoms with Crippen molar-refractivity contribution < 1.29 is 19.1 Å². The molecule has 0 saturated carbocycles. The van der Waals surface area contributed by atoms with Crippen LogP contribution < -0.4 is 10.1 Å². The minimum atomic E-state index is -1.04. The minimum absolute atomic E-state index is 0.00301. The lowest BCUT2D eigenvalue weighted by Crippen LogP contribution is -2.18. The van der Waals surface area contributed by atoms with Gasteiger partial charge in [-0.1, -0.05) is 18.2 Å². The number of para-hydroxylation sites is 1. The van der Waals surface area contributed by atoms with Crippen molar-refractivity contribution in [3.63, 3.8) is 0 Å². The van der Waals surface area contributed by atoms with Gasteiger partial charge in [-0.05, 0) is 26.0 Å². The number of aromatic carboxylic acids is 1. The molecule has 5 heteroatoms. The lowest BCUT2D eigenvalue weighted by atomic mass is 10.1. The smallest absolute Gasteiger partial charge is 0.372 e. The molecular weight excluding hydrogens is 270 g/mol. The highest BCUT2D eigenvalue weighted by molar-refractivity contribution is 5.86. The van der Waals surface area contributed by atoms with Gasteiger partial charge in [0.1, 0.15) is 11.5 Å². The molecule has 0 aliphatic rings. The summed E-state index contributed by atoms with van der Waals surface area (Å²) < 4.78 is 10.7. The van der Waals surface area contributed by atoms with Gasteiger partial charge in [0.2, 0.25) is 5.76 Å². The molecule has 0 amide bonds. The maximum atomic E-state index is 10.9. The van der Waals surface area contributed by atoms with Gasteiger partial charge in [0, 0.05) is 17.2 Å². The van der Waals surface area contributed by atoms with Crippen molar-refractivity contribution >= 4 is 5.97 Å². The number of nitrogens with one attached hydrogen (secondary N) is 1. The summed E-state index contributed by atoms with van der Waals surface area (Å²) in [6.45, 7) is 4.19. The number of carboxylic acids is 1. The van der Waals surface area contributed by atoms with E-state index in [0.29, 0.717) is 17.9 Å². The number of aryl methyl sites for hydroxylation is 1. The molecule has 1 aromatic carbocycles. The van der Waals surface area contributed by atoms with E-state index in [1.807, 2.05) is 31.2 Å². The van der Waals surface area contributed by atoms with Gasteiger partial charge in [-0.15, -0.1) is 0 Å². The van der Waals surface area contributed by atoms with Crippen LogP contribution in [0.1, 0.15) is 40.4 Å². The maximum absolute atomic E-state index is 10.9. The topological polar surface area (TPSA) is 71.7 Å². The average Bonchev–Trinajstić information content (AvgIpc) is 2.86. The number of carboxylic acid groups (broad SMARTS) is 1. The van der Waals surface area contributed by atoms with Crippen LogP contribution in [0, 0.1) is 6.92 Å². The molecule has 0 saturated heterocycles. The number of furan rings is 1. The summed E-state index contributed by atoms with van der Waals surface area (Å²) in [6.07, 6.45) is 0. The predicted molar refractivity (Wildman–Crippen MR) is 78.7 cm³/mol. The summed E-state index contributed by atoms with van der Waals surface area (Å²) >= 11 is 0. The van der Waals surface area contributed by atoms with E-state index in [4.69, 9.17) is 14.3 Å². The van der Waals surface area contributed by atoms with E-state index in [0.717, 1.165) is 11.3 Å². The van der Waals surface area contributed by atoms with Gasteiger partial charge in [-0.25, -0.2) is 4.79 Å². The molecule has 5 nitrogen and oxygen atoms in total. The van der Waals surface area contributed by atoms with Gasteiger partial charge in [-0.3, -0.25) is 0 Å². The van der Waals surface area contributed by atoms with E-state index in [9.17, 15) is 4.79 Å². The third kappa shape index (κ3) is 3.44. The fourth-order valence-electron chi connectivity index (χ4n) is 2.24. The van der Waals surface area contributed by atoms with Crippen LogP contribution in [0.3, 0.4) is 0 Å². The van der Waals surface area contributed by atoms with Crippen molar-refractivity contribution in [2.45, 2.75) is 26.4 Å². The third-order valence-corrected chi connectivity index (χ3v) is 3.35. The first kappa shape index (κ1) is 15.1. The lowest BCUT2D eigenvalue weighted by molar-refractivity contribution is 0.0659. The monoisotopic (exact) mass is 289 g/mol. The maximum Gasteiger partial charge on any atom is 0.372 e. The Balaban J connectivity index is 2.05. The van der Waals surface area contributed by atoms with Gasteiger partial charge in [0.15, 0.2) is 0 Å².